The van der Waals surface area contributed by atoms with Crippen molar-refractivity contribution in [3.05, 3.63) is 29.3 Å². The average Bonchev–Trinajstić information content (AvgIpc) is 2.88. The molecule has 2 fully saturated rings. The van der Waals surface area contributed by atoms with E-state index < -0.39 is 0 Å². The molecular formula is C21H30ClN3O2. The van der Waals surface area contributed by atoms with E-state index >= 15 is 0 Å². The first-order chi connectivity index (χ1) is 12.4. The predicted molar refractivity (Wildman–Crippen MR) is 109 cm³/mol. The number of benzene rings is 1. The highest BCUT2D eigenvalue weighted by Crippen LogP contribution is 2.42. The lowest BCUT2D eigenvalue weighted by atomic mass is 9.65. The van der Waals surface area contributed by atoms with Crippen LogP contribution in [0.25, 0.3) is 0 Å². The van der Waals surface area contributed by atoms with Gasteiger partial charge in [-0.05, 0) is 61.6 Å². The zero-order valence-electron chi connectivity index (χ0n) is 16.1. The predicted octanol–water partition coefficient (Wildman–Crippen LogP) is 2.96. The van der Waals surface area contributed by atoms with Crippen LogP contribution >= 0.6 is 12.4 Å². The third-order valence-electron chi connectivity index (χ3n) is 6.82. The lowest BCUT2D eigenvalue weighted by molar-refractivity contribution is -0.128. The first-order valence-corrected chi connectivity index (χ1v) is 9.89. The number of nitrogens with zero attached hydrogens (tertiary/aromatic N) is 1. The molecule has 1 heterocycles. The van der Waals surface area contributed by atoms with Gasteiger partial charge in [0, 0.05) is 24.7 Å². The van der Waals surface area contributed by atoms with Gasteiger partial charge in [0.2, 0.25) is 11.8 Å². The third kappa shape index (κ3) is 3.72. The molecule has 0 radical (unpaired) electrons. The molecule has 2 amide bonds. The van der Waals surface area contributed by atoms with Crippen molar-refractivity contribution in [2.45, 2.75) is 57.5 Å². The van der Waals surface area contributed by atoms with Gasteiger partial charge in [0.25, 0.3) is 0 Å². The Morgan fingerprint density at radius 3 is 2.59 bits per heavy atom. The summed E-state index contributed by atoms with van der Waals surface area (Å²) < 4.78 is 0. The second-order valence-electron chi connectivity index (χ2n) is 8.44. The molecule has 6 heteroatoms. The maximum atomic E-state index is 12.8. The van der Waals surface area contributed by atoms with Crippen molar-refractivity contribution in [3.63, 3.8) is 0 Å². The molecule has 1 aromatic carbocycles. The molecule has 3 aliphatic rings. The minimum atomic E-state index is -0.0516. The number of hydrogen-bond donors (Lipinski definition) is 2. The van der Waals surface area contributed by atoms with E-state index in [0.717, 1.165) is 29.7 Å². The lowest BCUT2D eigenvalue weighted by Gasteiger charge is -2.43. The van der Waals surface area contributed by atoms with E-state index in [1.807, 2.05) is 26.1 Å². The Kier molecular flexibility index (Phi) is 5.82. The summed E-state index contributed by atoms with van der Waals surface area (Å²) in [5.41, 5.74) is 9.44. The summed E-state index contributed by atoms with van der Waals surface area (Å²) in [5, 5.41) is 3.21. The van der Waals surface area contributed by atoms with E-state index in [2.05, 4.69) is 11.4 Å². The number of rotatable bonds is 3. The smallest absolute Gasteiger partial charge is 0.231 e. The number of nitrogens with two attached hydrogens (primary N) is 1. The SMILES string of the molecule is CC(NC(=O)C1CC2CCCC(C1)C2N)c1ccc2c(c1)CC(=O)N2C.Cl. The molecule has 148 valence electrons. The summed E-state index contributed by atoms with van der Waals surface area (Å²) in [4.78, 5) is 26.4. The summed E-state index contributed by atoms with van der Waals surface area (Å²) in [6.45, 7) is 2.02. The van der Waals surface area contributed by atoms with Crippen molar-refractivity contribution < 1.29 is 9.59 Å². The molecule has 0 aromatic heterocycles. The highest BCUT2D eigenvalue weighted by Gasteiger charge is 2.40. The number of likely N-dealkylation sites (N-methyl/N-ethyl adjacent to an activating group) is 1. The van der Waals surface area contributed by atoms with E-state index in [9.17, 15) is 9.59 Å². The Morgan fingerprint density at radius 2 is 1.93 bits per heavy atom. The summed E-state index contributed by atoms with van der Waals surface area (Å²) in [7, 11) is 1.81. The van der Waals surface area contributed by atoms with Crippen molar-refractivity contribution in [3.8, 4) is 0 Å². The molecule has 27 heavy (non-hydrogen) atoms. The van der Waals surface area contributed by atoms with Crippen LogP contribution in [0, 0.1) is 17.8 Å². The molecule has 0 saturated heterocycles. The van der Waals surface area contributed by atoms with Gasteiger partial charge in [0.15, 0.2) is 0 Å². The Hall–Kier alpha value is -1.59. The van der Waals surface area contributed by atoms with Crippen molar-refractivity contribution in [2.75, 3.05) is 11.9 Å². The maximum absolute atomic E-state index is 12.8. The van der Waals surface area contributed by atoms with Gasteiger partial charge in [0.1, 0.15) is 0 Å². The molecule has 1 aliphatic heterocycles. The Labute approximate surface area is 167 Å². The average molecular weight is 392 g/mol. The summed E-state index contributed by atoms with van der Waals surface area (Å²) >= 11 is 0. The van der Waals surface area contributed by atoms with Crippen LogP contribution in [0.15, 0.2) is 18.2 Å². The third-order valence-corrected chi connectivity index (χ3v) is 6.82. The Morgan fingerprint density at radius 1 is 1.26 bits per heavy atom. The lowest BCUT2D eigenvalue weighted by Crippen LogP contribution is -2.49. The normalized spacial score (nSPS) is 30.3. The molecule has 3 N–H and O–H groups in total. The fourth-order valence-corrected chi connectivity index (χ4v) is 5.18. The van der Waals surface area contributed by atoms with Gasteiger partial charge in [-0.2, -0.15) is 0 Å². The van der Waals surface area contributed by atoms with Crippen LogP contribution in [0.2, 0.25) is 0 Å². The highest BCUT2D eigenvalue weighted by molar-refractivity contribution is 6.00. The molecule has 3 atom stereocenters. The van der Waals surface area contributed by atoms with E-state index in [1.165, 1.54) is 19.3 Å². The number of carbonyl (C=O) groups is 2. The van der Waals surface area contributed by atoms with Crippen LogP contribution in [0.4, 0.5) is 5.69 Å². The first kappa shape index (κ1) is 20.2. The van der Waals surface area contributed by atoms with E-state index in [1.54, 1.807) is 4.90 Å². The molecule has 0 spiro atoms. The zero-order valence-corrected chi connectivity index (χ0v) is 16.9. The van der Waals surface area contributed by atoms with Gasteiger partial charge in [-0.25, -0.2) is 0 Å². The second kappa shape index (κ2) is 7.80. The minimum Gasteiger partial charge on any atom is -0.349 e. The van der Waals surface area contributed by atoms with Crippen LogP contribution in [0.3, 0.4) is 0 Å². The molecule has 2 saturated carbocycles. The molecule has 1 aromatic rings. The van der Waals surface area contributed by atoms with Crippen LogP contribution in [-0.4, -0.2) is 24.9 Å². The fourth-order valence-electron chi connectivity index (χ4n) is 5.18. The number of carbonyl (C=O) groups excluding carboxylic acids is 2. The van der Waals surface area contributed by atoms with Gasteiger partial charge in [-0.1, -0.05) is 18.6 Å². The van der Waals surface area contributed by atoms with Crippen molar-refractivity contribution >= 4 is 29.9 Å². The Balaban J connectivity index is 0.00000210. The number of nitrogens with one attached hydrogen (secondary N) is 1. The first-order valence-electron chi connectivity index (χ1n) is 9.89. The quantitative estimate of drug-likeness (QED) is 0.831. The highest BCUT2D eigenvalue weighted by atomic mass is 35.5. The number of fused-ring (bicyclic) bond motifs is 3. The van der Waals surface area contributed by atoms with E-state index in [-0.39, 0.29) is 42.2 Å². The summed E-state index contributed by atoms with van der Waals surface area (Å²) in [6, 6.07) is 6.31. The molecule has 5 nitrogen and oxygen atoms in total. The number of amides is 2. The topological polar surface area (TPSA) is 75.4 Å². The fraction of sp³-hybridized carbons (Fsp3) is 0.619. The van der Waals surface area contributed by atoms with Crippen LogP contribution < -0.4 is 16.0 Å². The number of anilines is 1. The number of halogens is 1. The summed E-state index contributed by atoms with van der Waals surface area (Å²) in [6.07, 6.45) is 5.91. The van der Waals surface area contributed by atoms with Crippen LogP contribution in [0.1, 0.15) is 56.2 Å². The molecular weight excluding hydrogens is 362 g/mol. The number of hydrogen-bond acceptors (Lipinski definition) is 3. The van der Waals surface area contributed by atoms with Crippen LogP contribution in [0.5, 0.6) is 0 Å². The van der Waals surface area contributed by atoms with Gasteiger partial charge in [0.05, 0.1) is 12.5 Å². The van der Waals surface area contributed by atoms with Crippen molar-refractivity contribution in [2.24, 2.45) is 23.5 Å². The van der Waals surface area contributed by atoms with Gasteiger partial charge in [-0.15, -0.1) is 12.4 Å². The second-order valence-corrected chi connectivity index (χ2v) is 8.44. The van der Waals surface area contributed by atoms with E-state index in [0.29, 0.717) is 18.3 Å². The van der Waals surface area contributed by atoms with Gasteiger partial charge in [-0.3, -0.25) is 9.59 Å². The largest absolute Gasteiger partial charge is 0.349 e. The standard InChI is InChI=1S/C21H29N3O2.ClH/c1-12(13-6-7-18-16(8-13)11-19(25)24(18)2)23-21(26)17-9-14-4-3-5-15(10-17)20(14)22;/h6-8,12,14-15,17,20H,3-5,9-11,22H2,1-2H3,(H,23,26);1H. The van der Waals surface area contributed by atoms with Gasteiger partial charge >= 0.3 is 0 Å². The molecule has 2 aliphatic carbocycles. The Bertz CT molecular complexity index is 724. The molecule has 4 rings (SSSR count). The maximum Gasteiger partial charge on any atom is 0.231 e. The minimum absolute atomic E-state index is 0. The van der Waals surface area contributed by atoms with Crippen molar-refractivity contribution in [1.29, 1.82) is 0 Å². The molecule has 3 unspecified atom stereocenters. The summed E-state index contributed by atoms with van der Waals surface area (Å²) in [5.74, 6) is 1.40. The zero-order chi connectivity index (χ0) is 18.4. The monoisotopic (exact) mass is 391 g/mol. The molecule has 2 bridgehead atoms. The van der Waals surface area contributed by atoms with E-state index in [4.69, 9.17) is 5.73 Å². The van der Waals surface area contributed by atoms with Gasteiger partial charge < -0.3 is 16.0 Å². The van der Waals surface area contributed by atoms with Crippen LogP contribution in [-0.2, 0) is 16.0 Å². The van der Waals surface area contributed by atoms with Crippen molar-refractivity contribution in [1.82, 2.24) is 5.32 Å².